The van der Waals surface area contributed by atoms with Crippen molar-refractivity contribution >= 4 is 24.9 Å². The minimum Gasteiger partial charge on any atom is -0.455 e. The molecule has 162 valence electrons. The Morgan fingerprint density at radius 1 is 0.719 bits per heavy atom. The zero-order valence-electron chi connectivity index (χ0n) is 17.1. The highest BCUT2D eigenvalue weighted by Gasteiger charge is 2.09. The number of hydrazone groups is 2. The molecule has 10 nitrogen and oxygen atoms in total. The van der Waals surface area contributed by atoms with Gasteiger partial charge < -0.3 is 8.83 Å². The number of nitrogens with zero attached hydrogens (tertiary/aromatic N) is 4. The fraction of sp³-hybridized carbons (Fsp3) is 0.182. The molecular weight excluding hydrogens is 408 g/mol. The standard InChI is InChI=1S/C22H22N8O2/c1-2-16(20-8-6-18(32-20)14-28-30-22-25-11-12-26-22)4-3-15(1)19-7-5-17(31-19)13-27-29-21-23-9-10-24-21/h1-9,11,13-14,21-22,24,26,29-30H,10,12H2/b27-13+,28-14+. The molecular formula is C22H22N8O2. The zero-order chi connectivity index (χ0) is 21.6. The molecule has 0 spiro atoms. The highest BCUT2D eigenvalue weighted by atomic mass is 16.3. The first-order valence-electron chi connectivity index (χ1n) is 10.2. The van der Waals surface area contributed by atoms with Crippen molar-refractivity contribution < 1.29 is 8.83 Å². The van der Waals surface area contributed by atoms with Crippen molar-refractivity contribution in [1.82, 2.24) is 21.5 Å². The number of hydrogen-bond donors (Lipinski definition) is 4. The molecule has 2 aromatic heterocycles. The van der Waals surface area contributed by atoms with Crippen LogP contribution in [0.4, 0.5) is 0 Å². The summed E-state index contributed by atoms with van der Waals surface area (Å²) in [6.45, 7) is 1.48. The normalized spacial score (nSPS) is 20.1. The van der Waals surface area contributed by atoms with Gasteiger partial charge in [-0.15, -0.1) is 0 Å². The maximum Gasteiger partial charge on any atom is 0.188 e. The van der Waals surface area contributed by atoms with Crippen LogP contribution in [0.2, 0.25) is 0 Å². The number of benzene rings is 1. The third-order valence-electron chi connectivity index (χ3n) is 4.80. The number of nitrogens with one attached hydrogen (secondary N) is 4. The highest BCUT2D eigenvalue weighted by molar-refractivity contribution is 5.78. The van der Waals surface area contributed by atoms with Gasteiger partial charge in [-0.2, -0.15) is 10.2 Å². The monoisotopic (exact) mass is 430 g/mol. The summed E-state index contributed by atoms with van der Waals surface area (Å²) >= 11 is 0. The molecule has 3 aromatic rings. The lowest BCUT2D eigenvalue weighted by atomic mass is 10.1. The molecule has 5 rings (SSSR count). The molecule has 2 aliphatic heterocycles. The Morgan fingerprint density at radius 3 is 1.59 bits per heavy atom. The first-order chi connectivity index (χ1) is 15.8. The molecule has 32 heavy (non-hydrogen) atoms. The van der Waals surface area contributed by atoms with Crippen LogP contribution in [-0.2, 0) is 0 Å². The number of rotatable bonds is 8. The van der Waals surface area contributed by atoms with E-state index in [-0.39, 0.29) is 12.6 Å². The van der Waals surface area contributed by atoms with Gasteiger partial charge in [0, 0.05) is 36.6 Å². The molecule has 10 heteroatoms. The van der Waals surface area contributed by atoms with Crippen molar-refractivity contribution in [2.45, 2.75) is 12.6 Å². The molecule has 0 fully saturated rings. The van der Waals surface area contributed by atoms with Crippen LogP contribution >= 0.6 is 0 Å². The molecule has 4 N–H and O–H groups in total. The quantitative estimate of drug-likeness (QED) is 0.320. The molecule has 2 aliphatic rings. The van der Waals surface area contributed by atoms with Gasteiger partial charge in [0.25, 0.3) is 0 Å². The van der Waals surface area contributed by atoms with Crippen LogP contribution in [-0.4, -0.2) is 50.5 Å². The number of aliphatic imine (C=N–C) groups is 2. The third kappa shape index (κ3) is 4.82. The van der Waals surface area contributed by atoms with Gasteiger partial charge in [0.1, 0.15) is 23.0 Å². The van der Waals surface area contributed by atoms with Crippen molar-refractivity contribution in [2.75, 3.05) is 13.1 Å². The first-order valence-corrected chi connectivity index (χ1v) is 10.2. The van der Waals surface area contributed by atoms with Crippen LogP contribution in [0.1, 0.15) is 11.5 Å². The summed E-state index contributed by atoms with van der Waals surface area (Å²) in [4.78, 5) is 8.34. The van der Waals surface area contributed by atoms with E-state index >= 15 is 0 Å². The Hall–Kier alpha value is -4.02. The van der Waals surface area contributed by atoms with Gasteiger partial charge in [-0.3, -0.25) is 31.5 Å². The second-order valence-corrected chi connectivity index (χ2v) is 7.04. The van der Waals surface area contributed by atoms with Gasteiger partial charge in [-0.05, 0) is 24.3 Å². The third-order valence-corrected chi connectivity index (χ3v) is 4.80. The molecule has 0 saturated carbocycles. The predicted molar refractivity (Wildman–Crippen MR) is 124 cm³/mol. The van der Waals surface area contributed by atoms with Crippen molar-refractivity contribution in [3.05, 3.63) is 60.1 Å². The van der Waals surface area contributed by atoms with Gasteiger partial charge >= 0.3 is 0 Å². The number of furan rings is 2. The Kier molecular flexibility index (Phi) is 5.86. The molecule has 1 aromatic carbocycles. The lowest BCUT2D eigenvalue weighted by Gasteiger charge is -2.05. The summed E-state index contributed by atoms with van der Waals surface area (Å²) < 4.78 is 11.7. The van der Waals surface area contributed by atoms with Gasteiger partial charge in [0.2, 0.25) is 0 Å². The largest absolute Gasteiger partial charge is 0.455 e. The number of hydrogen-bond acceptors (Lipinski definition) is 10. The second kappa shape index (κ2) is 9.41. The Morgan fingerprint density at radius 2 is 1.19 bits per heavy atom. The molecule has 0 radical (unpaired) electrons. The van der Waals surface area contributed by atoms with Crippen molar-refractivity contribution in [1.29, 1.82) is 0 Å². The van der Waals surface area contributed by atoms with Crippen LogP contribution in [0.5, 0.6) is 0 Å². The van der Waals surface area contributed by atoms with Crippen molar-refractivity contribution in [2.24, 2.45) is 20.2 Å². The van der Waals surface area contributed by atoms with Crippen LogP contribution in [0.15, 0.2) is 77.6 Å². The van der Waals surface area contributed by atoms with E-state index in [1.165, 1.54) is 0 Å². The molecule has 2 unspecified atom stereocenters. The maximum atomic E-state index is 5.86. The molecule has 2 atom stereocenters. The average molecular weight is 430 g/mol. The van der Waals surface area contributed by atoms with Gasteiger partial charge in [0.15, 0.2) is 12.6 Å². The maximum absolute atomic E-state index is 5.86. The summed E-state index contributed by atoms with van der Waals surface area (Å²) in [7, 11) is 0. The van der Waals surface area contributed by atoms with Crippen molar-refractivity contribution in [3.63, 3.8) is 0 Å². The fourth-order valence-electron chi connectivity index (χ4n) is 3.20. The van der Waals surface area contributed by atoms with Crippen LogP contribution in [0.25, 0.3) is 22.6 Å². The van der Waals surface area contributed by atoms with Crippen molar-refractivity contribution in [3.8, 4) is 22.6 Å². The Bertz CT molecular complexity index is 1070. The minimum atomic E-state index is -0.184. The molecule has 0 aliphatic carbocycles. The SMILES string of the molecule is C1=NC(N/N=C/c2ccc(-c3ccc(-c4ccc(/C=N/NC5N=CCN5)o4)cc3)o2)NC1. The summed E-state index contributed by atoms with van der Waals surface area (Å²) in [5.41, 5.74) is 7.73. The molecule has 4 heterocycles. The summed E-state index contributed by atoms with van der Waals surface area (Å²) in [5, 5.41) is 14.5. The van der Waals surface area contributed by atoms with E-state index in [0.29, 0.717) is 11.5 Å². The van der Waals surface area contributed by atoms with E-state index in [0.717, 1.165) is 35.7 Å². The molecule has 0 saturated heterocycles. The lowest BCUT2D eigenvalue weighted by molar-refractivity contribution is 0.501. The van der Waals surface area contributed by atoms with E-state index in [2.05, 4.69) is 41.7 Å². The van der Waals surface area contributed by atoms with E-state index in [1.54, 1.807) is 24.9 Å². The average Bonchev–Trinajstić information content (AvgIpc) is 3.62. The summed E-state index contributed by atoms with van der Waals surface area (Å²) in [5.74, 6) is 2.83. The summed E-state index contributed by atoms with van der Waals surface area (Å²) in [6.07, 6.45) is 6.50. The van der Waals surface area contributed by atoms with E-state index < -0.39 is 0 Å². The Balaban J connectivity index is 1.19. The Labute approximate surface area is 184 Å². The van der Waals surface area contributed by atoms with Gasteiger partial charge in [-0.25, -0.2) is 0 Å². The van der Waals surface area contributed by atoms with E-state index in [1.807, 2.05) is 48.5 Å². The van der Waals surface area contributed by atoms with E-state index in [4.69, 9.17) is 8.83 Å². The van der Waals surface area contributed by atoms with E-state index in [9.17, 15) is 0 Å². The predicted octanol–water partition coefficient (Wildman–Crippen LogP) is 1.97. The van der Waals surface area contributed by atoms with Crippen LogP contribution < -0.4 is 21.5 Å². The van der Waals surface area contributed by atoms with Crippen LogP contribution in [0.3, 0.4) is 0 Å². The first kappa shape index (κ1) is 19.9. The molecule has 0 bridgehead atoms. The highest BCUT2D eigenvalue weighted by Crippen LogP contribution is 2.27. The van der Waals surface area contributed by atoms with Crippen LogP contribution in [0, 0.1) is 0 Å². The molecule has 0 amide bonds. The minimum absolute atomic E-state index is 0.184. The second-order valence-electron chi connectivity index (χ2n) is 7.04. The van der Waals surface area contributed by atoms with Gasteiger partial charge in [0.05, 0.1) is 12.4 Å². The lowest BCUT2D eigenvalue weighted by Crippen LogP contribution is -2.33. The van der Waals surface area contributed by atoms with Gasteiger partial charge in [-0.1, -0.05) is 24.3 Å². The summed E-state index contributed by atoms with van der Waals surface area (Å²) in [6, 6.07) is 15.5. The topological polar surface area (TPSA) is 124 Å². The smallest absolute Gasteiger partial charge is 0.188 e. The zero-order valence-corrected chi connectivity index (χ0v) is 17.1. The fourth-order valence-corrected chi connectivity index (χ4v) is 3.20.